The number of hydrogen-bond donors (Lipinski definition) is 1. The van der Waals surface area contributed by atoms with Crippen molar-refractivity contribution in [1.29, 1.82) is 0 Å². The maximum absolute atomic E-state index is 4.28. The summed E-state index contributed by atoms with van der Waals surface area (Å²) in [6.07, 6.45) is 2.88. The molecule has 0 spiro atoms. The minimum atomic E-state index is 0.943. The molecule has 0 fully saturated rings. The fraction of sp³-hybridized carbons (Fsp3) is 0.400. The highest BCUT2D eigenvalue weighted by atomic mass is 32.1. The predicted octanol–water partition coefficient (Wildman–Crippen LogP) is 3.40. The van der Waals surface area contributed by atoms with E-state index in [9.17, 15) is 0 Å². The van der Waals surface area contributed by atoms with Crippen LogP contribution in [0.25, 0.3) is 0 Å². The topological polar surface area (TPSA) is 24.9 Å². The highest BCUT2D eigenvalue weighted by Crippen LogP contribution is 2.15. The Morgan fingerprint density at radius 2 is 1.89 bits per heavy atom. The van der Waals surface area contributed by atoms with Crippen LogP contribution in [0.2, 0.25) is 0 Å². The third kappa shape index (κ3) is 3.40. The number of aryl methyl sites for hydroxylation is 3. The summed E-state index contributed by atoms with van der Waals surface area (Å²) in [6, 6.07) is 4.56. The molecule has 1 heterocycles. The second kappa shape index (κ2) is 6.12. The molecule has 0 aliphatic carbocycles. The molecule has 18 heavy (non-hydrogen) atoms. The largest absolute Gasteiger partial charge is 0.312 e. The Balaban J connectivity index is 1.85. The first kappa shape index (κ1) is 13.2. The zero-order valence-electron chi connectivity index (χ0n) is 11.3. The molecule has 0 unspecified atom stereocenters. The number of nitrogens with one attached hydrogen (secondary N) is 1. The highest BCUT2D eigenvalue weighted by Gasteiger charge is 2.02. The summed E-state index contributed by atoms with van der Waals surface area (Å²) in [6.45, 7) is 8.46. The summed E-state index contributed by atoms with van der Waals surface area (Å²) in [7, 11) is 0. The molecule has 1 aromatic heterocycles. The van der Waals surface area contributed by atoms with Crippen LogP contribution in [0.5, 0.6) is 0 Å². The van der Waals surface area contributed by atoms with Crippen molar-refractivity contribution in [2.24, 2.45) is 0 Å². The molecule has 3 heteroatoms. The summed E-state index contributed by atoms with van der Waals surface area (Å²) in [5.74, 6) is 0. The Labute approximate surface area is 113 Å². The second-order valence-electron chi connectivity index (χ2n) is 4.72. The number of benzene rings is 1. The van der Waals surface area contributed by atoms with Crippen LogP contribution >= 0.6 is 11.3 Å². The molecule has 0 amide bonds. The number of aromatic nitrogens is 1. The van der Waals surface area contributed by atoms with Gasteiger partial charge in [-0.15, -0.1) is 11.3 Å². The van der Waals surface area contributed by atoms with Crippen LogP contribution < -0.4 is 5.32 Å². The Morgan fingerprint density at radius 3 is 2.61 bits per heavy atom. The van der Waals surface area contributed by atoms with Crippen molar-refractivity contribution in [2.45, 2.75) is 33.7 Å². The molecule has 0 aliphatic heterocycles. The lowest BCUT2D eigenvalue weighted by atomic mass is 10.0. The van der Waals surface area contributed by atoms with Gasteiger partial charge < -0.3 is 5.32 Å². The SMILES string of the molecule is Cc1cc(C)c(CNCCc2nccs2)cc1C. The number of thiazole rings is 1. The molecule has 1 aromatic carbocycles. The van der Waals surface area contributed by atoms with Crippen molar-refractivity contribution in [3.8, 4) is 0 Å². The minimum Gasteiger partial charge on any atom is -0.312 e. The number of rotatable bonds is 5. The summed E-state index contributed by atoms with van der Waals surface area (Å²) in [5.41, 5.74) is 5.52. The molecule has 0 saturated carbocycles. The van der Waals surface area contributed by atoms with Gasteiger partial charge in [-0.1, -0.05) is 12.1 Å². The van der Waals surface area contributed by atoms with Crippen molar-refractivity contribution in [2.75, 3.05) is 6.54 Å². The fourth-order valence-electron chi connectivity index (χ4n) is 2.01. The van der Waals surface area contributed by atoms with Gasteiger partial charge in [-0.3, -0.25) is 0 Å². The predicted molar refractivity (Wildman–Crippen MR) is 78.2 cm³/mol. The standard InChI is InChI=1S/C15H20N2S/c1-11-8-13(3)14(9-12(11)2)10-16-5-4-15-17-6-7-18-15/h6-9,16H,4-5,10H2,1-3H3. The van der Waals surface area contributed by atoms with Crippen molar-refractivity contribution in [3.05, 3.63) is 51.0 Å². The summed E-state index contributed by atoms with van der Waals surface area (Å²) >= 11 is 1.73. The number of nitrogens with zero attached hydrogens (tertiary/aromatic N) is 1. The first-order valence-electron chi connectivity index (χ1n) is 6.32. The molecule has 0 bridgehead atoms. The fourth-order valence-corrected chi connectivity index (χ4v) is 2.63. The summed E-state index contributed by atoms with van der Waals surface area (Å²) in [4.78, 5) is 4.28. The van der Waals surface area contributed by atoms with Gasteiger partial charge in [-0.2, -0.15) is 0 Å². The van der Waals surface area contributed by atoms with Crippen molar-refractivity contribution in [3.63, 3.8) is 0 Å². The van der Waals surface area contributed by atoms with E-state index in [-0.39, 0.29) is 0 Å². The van der Waals surface area contributed by atoms with Crippen LogP contribution in [0.3, 0.4) is 0 Å². The summed E-state index contributed by atoms with van der Waals surface area (Å²) < 4.78 is 0. The average molecular weight is 260 g/mol. The van der Waals surface area contributed by atoms with Gasteiger partial charge in [0.15, 0.2) is 0 Å². The molecule has 2 nitrogen and oxygen atoms in total. The lowest BCUT2D eigenvalue weighted by molar-refractivity contribution is 0.682. The van der Waals surface area contributed by atoms with Crippen LogP contribution in [-0.4, -0.2) is 11.5 Å². The lowest BCUT2D eigenvalue weighted by Gasteiger charge is -2.10. The maximum Gasteiger partial charge on any atom is 0.0937 e. The minimum absolute atomic E-state index is 0.943. The Morgan fingerprint density at radius 1 is 1.11 bits per heavy atom. The van der Waals surface area contributed by atoms with E-state index in [0.717, 1.165) is 19.5 Å². The Kier molecular flexibility index (Phi) is 4.50. The second-order valence-corrected chi connectivity index (χ2v) is 5.69. The van der Waals surface area contributed by atoms with Crippen LogP contribution in [0.15, 0.2) is 23.7 Å². The van der Waals surface area contributed by atoms with Gasteiger partial charge in [0.25, 0.3) is 0 Å². The normalized spacial score (nSPS) is 10.8. The zero-order chi connectivity index (χ0) is 13.0. The van der Waals surface area contributed by atoms with E-state index in [0.29, 0.717) is 0 Å². The first-order chi connectivity index (χ1) is 8.66. The Hall–Kier alpha value is -1.19. The quantitative estimate of drug-likeness (QED) is 0.833. The molecule has 2 rings (SSSR count). The molecule has 1 N–H and O–H groups in total. The molecule has 0 aliphatic rings. The molecular weight excluding hydrogens is 240 g/mol. The van der Waals surface area contributed by atoms with Gasteiger partial charge >= 0.3 is 0 Å². The van der Waals surface area contributed by atoms with E-state index in [1.54, 1.807) is 11.3 Å². The first-order valence-corrected chi connectivity index (χ1v) is 7.20. The molecule has 0 radical (unpaired) electrons. The van der Waals surface area contributed by atoms with Gasteiger partial charge in [0.2, 0.25) is 0 Å². The molecule has 2 aromatic rings. The average Bonchev–Trinajstić information content (AvgIpc) is 2.84. The van der Waals surface area contributed by atoms with Gasteiger partial charge in [0.1, 0.15) is 0 Å². The molecule has 0 saturated heterocycles. The van der Waals surface area contributed by atoms with Gasteiger partial charge in [-0.25, -0.2) is 4.98 Å². The third-order valence-corrected chi connectivity index (χ3v) is 4.11. The van der Waals surface area contributed by atoms with Gasteiger partial charge in [0.05, 0.1) is 5.01 Å². The van der Waals surface area contributed by atoms with Gasteiger partial charge in [0, 0.05) is 31.1 Å². The van der Waals surface area contributed by atoms with E-state index < -0.39 is 0 Å². The lowest BCUT2D eigenvalue weighted by Crippen LogP contribution is -2.17. The smallest absolute Gasteiger partial charge is 0.0937 e. The van der Waals surface area contributed by atoms with E-state index in [1.807, 2.05) is 11.6 Å². The van der Waals surface area contributed by atoms with Crippen molar-refractivity contribution >= 4 is 11.3 Å². The van der Waals surface area contributed by atoms with Crippen LogP contribution in [0.4, 0.5) is 0 Å². The monoisotopic (exact) mass is 260 g/mol. The molecule has 0 atom stereocenters. The van der Waals surface area contributed by atoms with E-state index >= 15 is 0 Å². The van der Waals surface area contributed by atoms with Crippen LogP contribution in [-0.2, 0) is 13.0 Å². The Bertz CT molecular complexity index is 503. The third-order valence-electron chi connectivity index (χ3n) is 3.27. The zero-order valence-corrected chi connectivity index (χ0v) is 12.1. The maximum atomic E-state index is 4.28. The number of hydrogen-bond acceptors (Lipinski definition) is 3. The van der Waals surface area contributed by atoms with E-state index in [4.69, 9.17) is 0 Å². The van der Waals surface area contributed by atoms with Gasteiger partial charge in [-0.05, 0) is 43.0 Å². The van der Waals surface area contributed by atoms with Crippen molar-refractivity contribution in [1.82, 2.24) is 10.3 Å². The summed E-state index contributed by atoms with van der Waals surface area (Å²) in [5, 5.41) is 6.73. The van der Waals surface area contributed by atoms with Crippen molar-refractivity contribution < 1.29 is 0 Å². The van der Waals surface area contributed by atoms with Crippen LogP contribution in [0, 0.1) is 20.8 Å². The molecular formula is C15H20N2S. The van der Waals surface area contributed by atoms with E-state index in [1.165, 1.54) is 27.3 Å². The highest BCUT2D eigenvalue weighted by molar-refractivity contribution is 7.09. The van der Waals surface area contributed by atoms with E-state index in [2.05, 4.69) is 43.2 Å². The molecule has 96 valence electrons. The van der Waals surface area contributed by atoms with Crippen LogP contribution in [0.1, 0.15) is 27.3 Å².